The lowest BCUT2D eigenvalue weighted by atomic mass is 10.2. The summed E-state index contributed by atoms with van der Waals surface area (Å²) < 4.78 is 0. The Morgan fingerprint density at radius 1 is 1.14 bits per heavy atom. The van der Waals surface area contributed by atoms with Gasteiger partial charge >= 0.3 is 0 Å². The van der Waals surface area contributed by atoms with Gasteiger partial charge in [0.15, 0.2) is 0 Å². The molecule has 1 aromatic carbocycles. The van der Waals surface area contributed by atoms with Gasteiger partial charge in [0.25, 0.3) is 0 Å². The maximum Gasteiger partial charge on any atom is 0.248 e. The third-order valence-corrected chi connectivity index (χ3v) is 4.95. The second-order valence-electron chi connectivity index (χ2n) is 4.57. The number of amides is 1. The molecule has 0 saturated heterocycles. The molecule has 3 nitrogen and oxygen atoms in total. The Balaban J connectivity index is 1.64. The van der Waals surface area contributed by atoms with E-state index in [0.29, 0.717) is 5.56 Å². The van der Waals surface area contributed by atoms with Crippen molar-refractivity contribution in [1.29, 1.82) is 0 Å². The highest BCUT2D eigenvalue weighted by molar-refractivity contribution is 7.14. The van der Waals surface area contributed by atoms with E-state index in [9.17, 15) is 4.79 Å². The summed E-state index contributed by atoms with van der Waals surface area (Å²) in [6.45, 7) is 0.770. The Morgan fingerprint density at radius 3 is 2.62 bits per heavy atom. The Morgan fingerprint density at radius 2 is 1.95 bits per heavy atom. The molecular weight excluding hydrogens is 300 g/mol. The van der Waals surface area contributed by atoms with Gasteiger partial charge in [-0.15, -0.1) is 22.7 Å². The highest BCUT2D eigenvalue weighted by Gasteiger charge is 2.04. The molecule has 0 unspecified atom stereocenters. The predicted molar refractivity (Wildman–Crippen MR) is 89.9 cm³/mol. The summed E-state index contributed by atoms with van der Waals surface area (Å²) in [5, 5.41) is 7.62. The summed E-state index contributed by atoms with van der Waals surface area (Å²) in [5.74, 6) is -0.402. The lowest BCUT2D eigenvalue weighted by Gasteiger charge is -2.05. The van der Waals surface area contributed by atoms with Gasteiger partial charge in [-0.05, 0) is 47.2 Å². The summed E-state index contributed by atoms with van der Waals surface area (Å²) in [7, 11) is 0. The van der Waals surface area contributed by atoms with Crippen LogP contribution in [0.2, 0.25) is 0 Å². The van der Waals surface area contributed by atoms with Crippen LogP contribution in [-0.2, 0) is 6.54 Å². The summed E-state index contributed by atoms with van der Waals surface area (Å²) >= 11 is 3.50. The van der Waals surface area contributed by atoms with Gasteiger partial charge < -0.3 is 11.1 Å². The van der Waals surface area contributed by atoms with E-state index in [0.717, 1.165) is 12.2 Å². The number of rotatable bonds is 5. The monoisotopic (exact) mass is 314 g/mol. The fourth-order valence-corrected chi connectivity index (χ4v) is 3.60. The molecule has 0 aliphatic rings. The summed E-state index contributed by atoms with van der Waals surface area (Å²) in [6.07, 6.45) is 0. The van der Waals surface area contributed by atoms with Gasteiger partial charge in [-0.25, -0.2) is 0 Å². The molecular formula is C16H14N2OS2. The number of carbonyl (C=O) groups is 1. The first-order valence-corrected chi connectivity index (χ1v) is 8.23. The first-order valence-electron chi connectivity index (χ1n) is 6.47. The zero-order valence-electron chi connectivity index (χ0n) is 11.2. The number of hydrogen-bond donors (Lipinski definition) is 2. The van der Waals surface area contributed by atoms with E-state index in [2.05, 4.69) is 34.3 Å². The van der Waals surface area contributed by atoms with Gasteiger partial charge in [-0.2, -0.15) is 0 Å². The first kappa shape index (κ1) is 13.9. The van der Waals surface area contributed by atoms with Crippen molar-refractivity contribution in [3.63, 3.8) is 0 Å². The van der Waals surface area contributed by atoms with Crippen LogP contribution in [0.5, 0.6) is 0 Å². The molecule has 21 heavy (non-hydrogen) atoms. The number of primary amides is 1. The van der Waals surface area contributed by atoms with E-state index in [-0.39, 0.29) is 0 Å². The van der Waals surface area contributed by atoms with E-state index >= 15 is 0 Å². The van der Waals surface area contributed by atoms with Crippen molar-refractivity contribution < 1.29 is 4.79 Å². The van der Waals surface area contributed by atoms with Crippen LogP contribution >= 0.6 is 22.7 Å². The van der Waals surface area contributed by atoms with Crippen molar-refractivity contribution in [3.8, 4) is 10.4 Å². The molecule has 106 valence electrons. The van der Waals surface area contributed by atoms with Crippen LogP contribution in [-0.4, -0.2) is 5.91 Å². The molecule has 0 saturated carbocycles. The quantitative estimate of drug-likeness (QED) is 0.742. The van der Waals surface area contributed by atoms with Crippen molar-refractivity contribution in [2.24, 2.45) is 5.73 Å². The van der Waals surface area contributed by atoms with Crippen molar-refractivity contribution in [3.05, 3.63) is 63.7 Å². The minimum Gasteiger partial charge on any atom is -0.380 e. The Bertz CT molecular complexity index is 730. The number of nitrogens with one attached hydrogen (secondary N) is 1. The van der Waals surface area contributed by atoms with Gasteiger partial charge in [0.2, 0.25) is 5.91 Å². The number of carbonyl (C=O) groups excluding carboxylic acids is 1. The van der Waals surface area contributed by atoms with E-state index in [1.807, 2.05) is 12.1 Å². The molecule has 0 atom stereocenters. The second-order valence-corrected chi connectivity index (χ2v) is 6.52. The molecule has 0 bridgehead atoms. The zero-order valence-corrected chi connectivity index (χ0v) is 12.8. The normalized spacial score (nSPS) is 10.5. The van der Waals surface area contributed by atoms with E-state index in [4.69, 9.17) is 5.73 Å². The molecule has 3 rings (SSSR count). The lowest BCUT2D eigenvalue weighted by molar-refractivity contribution is 0.100. The maximum absolute atomic E-state index is 11.0. The van der Waals surface area contributed by atoms with Gasteiger partial charge in [-0.1, -0.05) is 6.07 Å². The molecule has 0 aliphatic heterocycles. The summed E-state index contributed by atoms with van der Waals surface area (Å²) in [6, 6.07) is 13.6. The molecule has 0 radical (unpaired) electrons. The molecule has 5 heteroatoms. The third-order valence-electron chi connectivity index (χ3n) is 3.10. The summed E-state index contributed by atoms with van der Waals surface area (Å²) in [4.78, 5) is 13.6. The van der Waals surface area contributed by atoms with Crippen LogP contribution in [0.4, 0.5) is 5.69 Å². The molecule has 0 fully saturated rings. The van der Waals surface area contributed by atoms with E-state index in [1.165, 1.54) is 15.3 Å². The number of nitrogens with two attached hydrogens (primary N) is 1. The van der Waals surface area contributed by atoms with Gasteiger partial charge in [-0.3, -0.25) is 4.79 Å². The maximum atomic E-state index is 11.0. The fraction of sp³-hybridized carbons (Fsp3) is 0.0625. The molecule has 3 N–H and O–H groups in total. The first-order chi connectivity index (χ1) is 10.2. The molecule has 3 aromatic rings. The van der Waals surface area contributed by atoms with Crippen molar-refractivity contribution in [2.75, 3.05) is 5.32 Å². The van der Waals surface area contributed by atoms with Crippen molar-refractivity contribution in [2.45, 2.75) is 6.54 Å². The molecule has 2 aromatic heterocycles. The second kappa shape index (κ2) is 6.11. The summed E-state index contributed by atoms with van der Waals surface area (Å²) in [5.41, 5.74) is 8.00. The molecule has 2 heterocycles. The van der Waals surface area contributed by atoms with Gasteiger partial charge in [0.05, 0.1) is 0 Å². The number of thiophene rings is 2. The van der Waals surface area contributed by atoms with Gasteiger partial charge in [0.1, 0.15) is 0 Å². The lowest BCUT2D eigenvalue weighted by Crippen LogP contribution is -2.10. The Labute approximate surface area is 131 Å². The van der Waals surface area contributed by atoms with Crippen LogP contribution in [0.25, 0.3) is 10.4 Å². The predicted octanol–water partition coefficient (Wildman–Crippen LogP) is 4.19. The van der Waals surface area contributed by atoms with Crippen LogP contribution in [0.1, 0.15) is 15.2 Å². The standard InChI is InChI=1S/C16H14N2OS2/c17-16(19)11-3-5-13(6-4-11)18-9-14-8-12(10-21-14)15-2-1-7-20-15/h1-8,10,18H,9H2,(H2,17,19). The van der Waals surface area contributed by atoms with Gasteiger partial charge in [0, 0.05) is 33.1 Å². The molecule has 0 aliphatic carbocycles. The Hall–Kier alpha value is -2.11. The Kier molecular flexibility index (Phi) is 4.03. The number of benzene rings is 1. The SMILES string of the molecule is NC(=O)c1ccc(NCc2cc(-c3cccs3)cs2)cc1. The highest BCUT2D eigenvalue weighted by Crippen LogP contribution is 2.29. The van der Waals surface area contributed by atoms with Crippen LogP contribution in [0, 0.1) is 0 Å². The van der Waals surface area contributed by atoms with E-state index in [1.54, 1.807) is 34.8 Å². The highest BCUT2D eigenvalue weighted by atomic mass is 32.1. The van der Waals surface area contributed by atoms with Crippen LogP contribution in [0.15, 0.2) is 53.2 Å². The van der Waals surface area contributed by atoms with E-state index < -0.39 is 5.91 Å². The molecule has 0 spiro atoms. The number of anilines is 1. The van der Waals surface area contributed by atoms with Crippen LogP contribution in [0.3, 0.4) is 0 Å². The largest absolute Gasteiger partial charge is 0.380 e. The van der Waals surface area contributed by atoms with Crippen molar-refractivity contribution in [1.82, 2.24) is 0 Å². The third kappa shape index (κ3) is 3.32. The minimum atomic E-state index is -0.402. The molecule has 1 amide bonds. The van der Waals surface area contributed by atoms with Crippen LogP contribution < -0.4 is 11.1 Å². The zero-order chi connectivity index (χ0) is 14.7. The minimum absolute atomic E-state index is 0.402. The average molecular weight is 314 g/mol. The average Bonchev–Trinajstić information content (AvgIpc) is 3.16. The topological polar surface area (TPSA) is 55.1 Å². The number of hydrogen-bond acceptors (Lipinski definition) is 4. The smallest absolute Gasteiger partial charge is 0.248 e. The van der Waals surface area contributed by atoms with Crippen molar-refractivity contribution >= 4 is 34.3 Å². The fourth-order valence-electron chi connectivity index (χ4n) is 1.99.